The van der Waals surface area contributed by atoms with Crippen molar-refractivity contribution >= 4 is 5.97 Å². The molecule has 3 aromatic rings. The summed E-state index contributed by atoms with van der Waals surface area (Å²) in [5.41, 5.74) is 1.98. The van der Waals surface area contributed by atoms with E-state index in [4.69, 9.17) is 4.74 Å². The number of carbonyl (C=O) groups is 1. The molecule has 0 aliphatic heterocycles. The fourth-order valence-electron chi connectivity index (χ4n) is 2.24. The molecule has 2 heterocycles. The number of benzene rings is 1. The van der Waals surface area contributed by atoms with Crippen LogP contribution in [-0.2, 0) is 29.2 Å². The van der Waals surface area contributed by atoms with Crippen LogP contribution in [0.3, 0.4) is 0 Å². The highest BCUT2D eigenvalue weighted by Gasteiger charge is 2.13. The summed E-state index contributed by atoms with van der Waals surface area (Å²) in [7, 11) is 0. The van der Waals surface area contributed by atoms with Gasteiger partial charge in [-0.05, 0) is 29.0 Å². The van der Waals surface area contributed by atoms with E-state index in [1.54, 1.807) is 4.68 Å². The molecule has 0 aliphatic rings. The summed E-state index contributed by atoms with van der Waals surface area (Å²) in [4.78, 5) is 13.2. The van der Waals surface area contributed by atoms with Crippen LogP contribution in [0.4, 0.5) is 0 Å². The average molecular weight is 356 g/mol. The zero-order valence-corrected chi connectivity index (χ0v) is 14.7. The Morgan fingerprint density at radius 3 is 2.73 bits per heavy atom. The number of esters is 1. The van der Waals surface area contributed by atoms with E-state index in [0.29, 0.717) is 18.2 Å². The van der Waals surface area contributed by atoms with Crippen LogP contribution in [0, 0.1) is 6.92 Å². The molecule has 0 fully saturated rings. The standard InChI is InChI=1S/C16H20N8O2/c1-3-4-9-23-14(17-20-22-23)11-26-15(25)10-24-19-16(18-21-24)13-7-5-12(2)6-8-13/h5-8H,3-4,9-11H2,1-2H3. The maximum Gasteiger partial charge on any atom is 0.330 e. The first-order chi connectivity index (χ1) is 12.7. The molecular weight excluding hydrogens is 336 g/mol. The Morgan fingerprint density at radius 1 is 1.15 bits per heavy atom. The number of hydrogen-bond acceptors (Lipinski definition) is 8. The molecule has 0 N–H and O–H groups in total. The summed E-state index contributed by atoms with van der Waals surface area (Å²) in [6, 6.07) is 7.75. The molecule has 0 spiro atoms. The Morgan fingerprint density at radius 2 is 1.96 bits per heavy atom. The van der Waals surface area contributed by atoms with E-state index in [-0.39, 0.29) is 13.2 Å². The van der Waals surface area contributed by atoms with Crippen molar-refractivity contribution in [1.29, 1.82) is 0 Å². The number of tetrazole rings is 2. The molecule has 136 valence electrons. The van der Waals surface area contributed by atoms with Crippen LogP contribution in [0.1, 0.15) is 31.2 Å². The minimum absolute atomic E-state index is 0.00899. The number of unbranched alkanes of at least 4 members (excludes halogenated alkanes) is 1. The second-order valence-electron chi connectivity index (χ2n) is 5.84. The fourth-order valence-corrected chi connectivity index (χ4v) is 2.24. The lowest BCUT2D eigenvalue weighted by Gasteiger charge is -2.05. The molecular formula is C16H20N8O2. The maximum absolute atomic E-state index is 12.0. The Bertz CT molecular complexity index is 855. The third kappa shape index (κ3) is 4.47. The van der Waals surface area contributed by atoms with Crippen LogP contribution < -0.4 is 0 Å². The van der Waals surface area contributed by atoms with Gasteiger partial charge in [-0.3, -0.25) is 0 Å². The van der Waals surface area contributed by atoms with Crippen LogP contribution in [0.2, 0.25) is 0 Å². The zero-order valence-electron chi connectivity index (χ0n) is 14.7. The lowest BCUT2D eigenvalue weighted by molar-refractivity contribution is -0.146. The van der Waals surface area contributed by atoms with Gasteiger partial charge in [-0.25, -0.2) is 9.48 Å². The molecule has 26 heavy (non-hydrogen) atoms. The van der Waals surface area contributed by atoms with E-state index < -0.39 is 5.97 Å². The van der Waals surface area contributed by atoms with Crippen molar-refractivity contribution in [3.05, 3.63) is 35.7 Å². The molecule has 0 atom stereocenters. The summed E-state index contributed by atoms with van der Waals surface area (Å²) in [5, 5.41) is 23.4. The molecule has 0 saturated heterocycles. The molecule has 0 bridgehead atoms. The summed E-state index contributed by atoms with van der Waals surface area (Å²) in [5.74, 6) is 0.489. The number of aromatic nitrogens is 8. The predicted octanol–water partition coefficient (Wildman–Crippen LogP) is 1.18. The third-order valence-corrected chi connectivity index (χ3v) is 3.72. The molecule has 0 radical (unpaired) electrons. The topological polar surface area (TPSA) is 114 Å². The summed E-state index contributed by atoms with van der Waals surface area (Å²) >= 11 is 0. The quantitative estimate of drug-likeness (QED) is 0.553. The SMILES string of the molecule is CCCCn1nnnc1COC(=O)Cn1nnc(-c2ccc(C)cc2)n1. The van der Waals surface area contributed by atoms with Gasteiger partial charge in [0.05, 0.1) is 0 Å². The van der Waals surface area contributed by atoms with Gasteiger partial charge in [-0.1, -0.05) is 43.2 Å². The first-order valence-electron chi connectivity index (χ1n) is 8.41. The Labute approximate surface area is 150 Å². The van der Waals surface area contributed by atoms with Crippen LogP contribution >= 0.6 is 0 Å². The van der Waals surface area contributed by atoms with Gasteiger partial charge in [-0.15, -0.1) is 15.3 Å². The maximum atomic E-state index is 12.0. The van der Waals surface area contributed by atoms with Crippen molar-refractivity contribution < 1.29 is 9.53 Å². The van der Waals surface area contributed by atoms with Gasteiger partial charge in [-0.2, -0.15) is 4.80 Å². The lowest BCUT2D eigenvalue weighted by atomic mass is 10.1. The molecule has 0 aliphatic carbocycles. The van der Waals surface area contributed by atoms with Crippen LogP contribution in [0.15, 0.2) is 24.3 Å². The normalized spacial score (nSPS) is 10.8. The van der Waals surface area contributed by atoms with Gasteiger partial charge in [0, 0.05) is 12.1 Å². The molecule has 10 nitrogen and oxygen atoms in total. The molecule has 3 rings (SSSR count). The fraction of sp³-hybridized carbons (Fsp3) is 0.438. The largest absolute Gasteiger partial charge is 0.456 e. The Kier molecular flexibility index (Phi) is 5.62. The highest BCUT2D eigenvalue weighted by Crippen LogP contribution is 2.13. The monoisotopic (exact) mass is 356 g/mol. The predicted molar refractivity (Wildman–Crippen MR) is 90.5 cm³/mol. The van der Waals surface area contributed by atoms with E-state index in [1.807, 2.05) is 31.2 Å². The number of hydrogen-bond donors (Lipinski definition) is 0. The van der Waals surface area contributed by atoms with Crippen molar-refractivity contribution in [2.75, 3.05) is 0 Å². The zero-order chi connectivity index (χ0) is 18.4. The van der Waals surface area contributed by atoms with E-state index in [1.165, 1.54) is 4.80 Å². The second-order valence-corrected chi connectivity index (χ2v) is 5.84. The lowest BCUT2D eigenvalue weighted by Crippen LogP contribution is -2.17. The number of carbonyl (C=O) groups excluding carboxylic acids is 1. The molecule has 2 aromatic heterocycles. The summed E-state index contributed by atoms with van der Waals surface area (Å²) in [6.07, 6.45) is 1.98. The van der Waals surface area contributed by atoms with Crippen molar-refractivity contribution in [3.8, 4) is 11.4 Å². The van der Waals surface area contributed by atoms with Crippen molar-refractivity contribution in [3.63, 3.8) is 0 Å². The van der Waals surface area contributed by atoms with Crippen LogP contribution in [0.5, 0.6) is 0 Å². The van der Waals surface area contributed by atoms with E-state index >= 15 is 0 Å². The Balaban J connectivity index is 1.54. The highest BCUT2D eigenvalue weighted by atomic mass is 16.5. The number of nitrogens with zero attached hydrogens (tertiary/aromatic N) is 8. The van der Waals surface area contributed by atoms with Crippen LogP contribution in [-0.4, -0.2) is 46.4 Å². The molecule has 0 amide bonds. The average Bonchev–Trinajstić information content (AvgIpc) is 3.28. The second kappa shape index (κ2) is 8.28. The summed E-state index contributed by atoms with van der Waals surface area (Å²) < 4.78 is 6.85. The van der Waals surface area contributed by atoms with Gasteiger partial charge in [0.25, 0.3) is 0 Å². The molecule has 1 aromatic carbocycles. The van der Waals surface area contributed by atoms with E-state index in [9.17, 15) is 4.79 Å². The van der Waals surface area contributed by atoms with Crippen LogP contribution in [0.25, 0.3) is 11.4 Å². The first-order valence-corrected chi connectivity index (χ1v) is 8.41. The van der Waals surface area contributed by atoms with Crippen molar-refractivity contribution in [1.82, 2.24) is 40.4 Å². The van der Waals surface area contributed by atoms with E-state index in [0.717, 1.165) is 24.0 Å². The minimum atomic E-state index is -0.483. The van der Waals surface area contributed by atoms with Crippen molar-refractivity contribution in [2.45, 2.75) is 46.4 Å². The van der Waals surface area contributed by atoms with Gasteiger partial charge in [0.15, 0.2) is 19.0 Å². The molecule has 0 unspecified atom stereocenters. The number of rotatable bonds is 8. The highest BCUT2D eigenvalue weighted by molar-refractivity contribution is 5.68. The van der Waals surface area contributed by atoms with Gasteiger partial charge < -0.3 is 4.74 Å². The Hall–Kier alpha value is -3.17. The minimum Gasteiger partial charge on any atom is -0.456 e. The van der Waals surface area contributed by atoms with Gasteiger partial charge in [0.1, 0.15) is 0 Å². The first kappa shape index (κ1) is 17.6. The summed E-state index contributed by atoms with van der Waals surface area (Å²) in [6.45, 7) is 4.66. The number of aryl methyl sites for hydroxylation is 2. The van der Waals surface area contributed by atoms with Gasteiger partial charge in [0.2, 0.25) is 5.82 Å². The molecule has 0 saturated carbocycles. The number of ether oxygens (including phenoxy) is 1. The van der Waals surface area contributed by atoms with Gasteiger partial charge >= 0.3 is 5.97 Å². The smallest absolute Gasteiger partial charge is 0.330 e. The molecule has 10 heteroatoms. The van der Waals surface area contributed by atoms with E-state index in [2.05, 4.69) is 37.9 Å². The third-order valence-electron chi connectivity index (χ3n) is 3.72. The van der Waals surface area contributed by atoms with Crippen molar-refractivity contribution in [2.24, 2.45) is 0 Å².